The number of hydrogen-bond acceptors (Lipinski definition) is 7. The Hall–Kier alpha value is -3.00. The van der Waals surface area contributed by atoms with Crippen molar-refractivity contribution in [1.29, 1.82) is 0 Å². The maximum atomic E-state index is 5.16. The molecule has 1 N–H and O–H groups in total. The molecule has 0 spiro atoms. The number of unbranched alkanes of at least 4 members (excludes halogenated alkanes) is 1. The standard InChI is InChI=1S/C22H26N6OS/c1-15-20(30-16(2)26-15)14-24-22-12-18(27-21-10-11-25-28(21)22)7-5-4-6-17-8-9-19(29-3)13-23-17/h8-13,24H,4-7,14H2,1-3H3. The number of hydrogen-bond donors (Lipinski definition) is 1. The Kier molecular flexibility index (Phi) is 6.23. The van der Waals surface area contributed by atoms with Crippen LogP contribution in [-0.2, 0) is 19.4 Å². The third kappa shape index (κ3) is 4.76. The molecule has 0 atom stereocenters. The maximum absolute atomic E-state index is 5.16. The van der Waals surface area contributed by atoms with Gasteiger partial charge in [-0.15, -0.1) is 11.3 Å². The van der Waals surface area contributed by atoms with E-state index in [-0.39, 0.29) is 0 Å². The molecule has 0 bridgehead atoms. The first-order valence-electron chi connectivity index (χ1n) is 10.1. The van der Waals surface area contributed by atoms with Crippen LogP contribution >= 0.6 is 11.3 Å². The number of nitrogens with zero attached hydrogens (tertiary/aromatic N) is 5. The molecule has 30 heavy (non-hydrogen) atoms. The summed E-state index contributed by atoms with van der Waals surface area (Å²) in [5.41, 5.74) is 4.12. The predicted octanol–water partition coefficient (Wildman–Crippen LogP) is 4.38. The van der Waals surface area contributed by atoms with E-state index in [0.29, 0.717) is 0 Å². The number of pyridine rings is 1. The van der Waals surface area contributed by atoms with Crippen LogP contribution in [0.5, 0.6) is 5.75 Å². The molecule has 4 rings (SSSR count). The molecular formula is C22H26N6OS. The quantitative estimate of drug-likeness (QED) is 0.403. The Labute approximate surface area is 180 Å². The molecule has 0 radical (unpaired) electrons. The lowest BCUT2D eigenvalue weighted by Crippen LogP contribution is -2.07. The number of aromatic nitrogens is 5. The van der Waals surface area contributed by atoms with Crippen LogP contribution in [-0.4, -0.2) is 31.7 Å². The van der Waals surface area contributed by atoms with Gasteiger partial charge in [-0.2, -0.15) is 9.61 Å². The first-order valence-corrected chi connectivity index (χ1v) is 10.9. The minimum Gasteiger partial charge on any atom is -0.495 e. The fraction of sp³-hybridized carbons (Fsp3) is 0.364. The lowest BCUT2D eigenvalue weighted by Gasteiger charge is -2.10. The van der Waals surface area contributed by atoms with Gasteiger partial charge in [0, 0.05) is 28.4 Å². The molecule has 0 saturated carbocycles. The number of ether oxygens (including phenoxy) is 1. The molecule has 4 heterocycles. The van der Waals surface area contributed by atoms with Crippen molar-refractivity contribution in [3.63, 3.8) is 0 Å². The zero-order chi connectivity index (χ0) is 20.9. The highest BCUT2D eigenvalue weighted by molar-refractivity contribution is 7.11. The van der Waals surface area contributed by atoms with Crippen LogP contribution in [0.3, 0.4) is 0 Å². The van der Waals surface area contributed by atoms with Crippen molar-refractivity contribution in [2.75, 3.05) is 12.4 Å². The Morgan fingerprint density at radius 1 is 1.07 bits per heavy atom. The van der Waals surface area contributed by atoms with Gasteiger partial charge < -0.3 is 10.1 Å². The van der Waals surface area contributed by atoms with Gasteiger partial charge in [-0.25, -0.2) is 9.97 Å². The SMILES string of the molecule is COc1ccc(CCCCc2cc(NCc3sc(C)nc3C)n3nccc3n2)nc1. The molecule has 0 fully saturated rings. The number of methoxy groups -OCH3 is 1. The van der Waals surface area contributed by atoms with E-state index in [1.54, 1.807) is 30.8 Å². The topological polar surface area (TPSA) is 77.2 Å². The second kappa shape index (κ2) is 9.21. The molecule has 0 saturated heterocycles. The van der Waals surface area contributed by atoms with Gasteiger partial charge in [-0.1, -0.05) is 0 Å². The summed E-state index contributed by atoms with van der Waals surface area (Å²) in [7, 11) is 1.66. The maximum Gasteiger partial charge on any atom is 0.157 e. The third-order valence-corrected chi connectivity index (χ3v) is 6.06. The zero-order valence-electron chi connectivity index (χ0n) is 17.6. The number of fused-ring (bicyclic) bond motifs is 1. The lowest BCUT2D eigenvalue weighted by molar-refractivity contribution is 0.412. The van der Waals surface area contributed by atoms with Crippen molar-refractivity contribution >= 4 is 22.8 Å². The van der Waals surface area contributed by atoms with Gasteiger partial charge in [0.25, 0.3) is 0 Å². The minimum atomic E-state index is 0.735. The van der Waals surface area contributed by atoms with Crippen LogP contribution in [0.4, 0.5) is 5.82 Å². The van der Waals surface area contributed by atoms with Crippen molar-refractivity contribution in [2.45, 2.75) is 46.1 Å². The van der Waals surface area contributed by atoms with Crippen LogP contribution in [0, 0.1) is 13.8 Å². The zero-order valence-corrected chi connectivity index (χ0v) is 18.4. The van der Waals surface area contributed by atoms with Crippen molar-refractivity contribution in [3.8, 4) is 5.75 Å². The lowest BCUT2D eigenvalue weighted by atomic mass is 10.1. The summed E-state index contributed by atoms with van der Waals surface area (Å²) in [6.07, 6.45) is 7.55. The molecule has 0 aliphatic carbocycles. The highest BCUT2D eigenvalue weighted by Crippen LogP contribution is 2.20. The molecule has 7 nitrogen and oxygen atoms in total. The van der Waals surface area contributed by atoms with E-state index in [0.717, 1.165) is 71.5 Å². The van der Waals surface area contributed by atoms with Gasteiger partial charge in [-0.3, -0.25) is 4.98 Å². The molecule has 156 valence electrons. The fourth-order valence-corrected chi connectivity index (χ4v) is 4.30. The minimum absolute atomic E-state index is 0.735. The summed E-state index contributed by atoms with van der Waals surface area (Å²) in [6.45, 7) is 4.83. The van der Waals surface area contributed by atoms with Gasteiger partial charge in [0.15, 0.2) is 5.65 Å². The van der Waals surface area contributed by atoms with E-state index >= 15 is 0 Å². The molecule has 0 unspecified atom stereocenters. The Morgan fingerprint density at radius 2 is 1.90 bits per heavy atom. The number of anilines is 1. The summed E-state index contributed by atoms with van der Waals surface area (Å²) in [5.74, 6) is 1.75. The highest BCUT2D eigenvalue weighted by atomic mass is 32.1. The van der Waals surface area contributed by atoms with Crippen molar-refractivity contribution in [3.05, 3.63) is 63.6 Å². The smallest absolute Gasteiger partial charge is 0.157 e. The van der Waals surface area contributed by atoms with E-state index in [4.69, 9.17) is 9.72 Å². The van der Waals surface area contributed by atoms with Crippen molar-refractivity contribution in [2.24, 2.45) is 0 Å². The van der Waals surface area contributed by atoms with Crippen molar-refractivity contribution in [1.82, 2.24) is 24.6 Å². The largest absolute Gasteiger partial charge is 0.495 e. The average molecular weight is 423 g/mol. The fourth-order valence-electron chi connectivity index (χ4n) is 3.42. The summed E-state index contributed by atoms with van der Waals surface area (Å²) >= 11 is 1.73. The van der Waals surface area contributed by atoms with Gasteiger partial charge in [-0.05, 0) is 51.7 Å². The number of rotatable bonds is 9. The van der Waals surface area contributed by atoms with Crippen LogP contribution in [0.1, 0.15) is 39.8 Å². The van der Waals surface area contributed by atoms with Crippen LogP contribution in [0.15, 0.2) is 36.7 Å². The summed E-state index contributed by atoms with van der Waals surface area (Å²) in [4.78, 5) is 15.0. The van der Waals surface area contributed by atoms with Gasteiger partial charge in [0.2, 0.25) is 0 Å². The Balaban J connectivity index is 1.38. The van der Waals surface area contributed by atoms with Crippen LogP contribution in [0.25, 0.3) is 5.65 Å². The molecule has 4 aromatic rings. The van der Waals surface area contributed by atoms with E-state index in [1.165, 1.54) is 4.88 Å². The monoisotopic (exact) mass is 422 g/mol. The highest BCUT2D eigenvalue weighted by Gasteiger charge is 2.09. The molecule has 0 aliphatic heterocycles. The average Bonchev–Trinajstić information content (AvgIpc) is 3.35. The molecule has 0 amide bonds. The van der Waals surface area contributed by atoms with Gasteiger partial charge in [0.1, 0.15) is 11.6 Å². The Morgan fingerprint density at radius 3 is 2.60 bits per heavy atom. The molecule has 8 heteroatoms. The van der Waals surface area contributed by atoms with Gasteiger partial charge in [0.05, 0.1) is 36.7 Å². The number of aryl methyl sites for hydroxylation is 4. The van der Waals surface area contributed by atoms with E-state index in [1.807, 2.05) is 29.6 Å². The summed E-state index contributed by atoms with van der Waals surface area (Å²) in [6, 6.07) is 8.04. The van der Waals surface area contributed by atoms with Gasteiger partial charge >= 0.3 is 0 Å². The summed E-state index contributed by atoms with van der Waals surface area (Å²) < 4.78 is 7.02. The third-order valence-electron chi connectivity index (χ3n) is 4.99. The first kappa shape index (κ1) is 20.3. The summed E-state index contributed by atoms with van der Waals surface area (Å²) in [5, 5.41) is 9.02. The molecule has 0 aromatic carbocycles. The predicted molar refractivity (Wildman–Crippen MR) is 119 cm³/mol. The molecule has 4 aromatic heterocycles. The van der Waals surface area contributed by atoms with E-state index < -0.39 is 0 Å². The van der Waals surface area contributed by atoms with Crippen LogP contribution < -0.4 is 10.1 Å². The van der Waals surface area contributed by atoms with Crippen LogP contribution in [0.2, 0.25) is 0 Å². The first-order chi connectivity index (χ1) is 14.6. The molecular weight excluding hydrogens is 396 g/mol. The van der Waals surface area contributed by atoms with E-state index in [9.17, 15) is 0 Å². The molecule has 0 aliphatic rings. The van der Waals surface area contributed by atoms with Crippen molar-refractivity contribution < 1.29 is 4.74 Å². The normalized spacial score (nSPS) is 11.2. The second-order valence-corrected chi connectivity index (χ2v) is 8.51. The number of thiazole rings is 1. The second-order valence-electron chi connectivity index (χ2n) is 7.23. The Bertz CT molecular complexity index is 1120. The van der Waals surface area contributed by atoms with E-state index in [2.05, 4.69) is 33.4 Å². The number of nitrogens with one attached hydrogen (secondary N) is 1.